The maximum atomic E-state index is 12.1. The number of carbonyl (C=O) groups is 1. The van der Waals surface area contributed by atoms with Gasteiger partial charge in [0.15, 0.2) is 11.7 Å². The van der Waals surface area contributed by atoms with E-state index in [0.29, 0.717) is 30.4 Å². The molecule has 1 saturated heterocycles. The first-order chi connectivity index (χ1) is 10.4. The molecule has 0 spiro atoms. The van der Waals surface area contributed by atoms with Gasteiger partial charge in [0.05, 0.1) is 19.8 Å². The number of nitrogens with one attached hydrogen (secondary N) is 1. The minimum Gasteiger partial charge on any atom is -0.440 e. The maximum Gasteiger partial charge on any atom is 0.255 e. The predicted molar refractivity (Wildman–Crippen MR) is 81.9 cm³/mol. The van der Waals surface area contributed by atoms with E-state index >= 15 is 0 Å². The van der Waals surface area contributed by atoms with Gasteiger partial charge in [-0.1, -0.05) is 20.8 Å². The van der Waals surface area contributed by atoms with Crippen LogP contribution in [0.3, 0.4) is 0 Å². The molecule has 0 bridgehead atoms. The quantitative estimate of drug-likeness (QED) is 0.922. The zero-order chi connectivity index (χ0) is 15.7. The van der Waals surface area contributed by atoms with Crippen LogP contribution in [0.4, 0.5) is 5.69 Å². The van der Waals surface area contributed by atoms with Crippen LogP contribution in [0, 0.1) is 0 Å². The number of fused-ring (bicyclic) bond motifs is 1. The highest BCUT2D eigenvalue weighted by molar-refractivity contribution is 5.95. The molecule has 1 fully saturated rings. The molecule has 1 aromatic carbocycles. The molecule has 2 heterocycles. The normalized spacial score (nSPS) is 19.3. The lowest BCUT2D eigenvalue weighted by atomic mass is 9.97. The SMILES string of the molecule is CC(C)(C)c1nc2cc(NC(=O)[C@H]3COCCO3)ccc2o1. The predicted octanol–water partition coefficient (Wildman–Crippen LogP) is 2.48. The zero-order valence-electron chi connectivity index (χ0n) is 13.0. The van der Waals surface area contributed by atoms with Gasteiger partial charge in [0.25, 0.3) is 5.91 Å². The number of nitrogens with zero attached hydrogens (tertiary/aromatic N) is 1. The van der Waals surface area contributed by atoms with Crippen molar-refractivity contribution >= 4 is 22.7 Å². The topological polar surface area (TPSA) is 73.6 Å². The minimum atomic E-state index is -0.563. The molecule has 0 unspecified atom stereocenters. The number of anilines is 1. The smallest absolute Gasteiger partial charge is 0.255 e. The van der Waals surface area contributed by atoms with Gasteiger partial charge in [0.1, 0.15) is 5.52 Å². The Labute approximate surface area is 128 Å². The number of aromatic nitrogens is 1. The zero-order valence-corrected chi connectivity index (χ0v) is 13.0. The Hall–Kier alpha value is -1.92. The lowest BCUT2D eigenvalue weighted by Crippen LogP contribution is -2.39. The van der Waals surface area contributed by atoms with E-state index in [1.165, 1.54) is 0 Å². The van der Waals surface area contributed by atoms with Crippen LogP contribution in [-0.2, 0) is 19.7 Å². The molecule has 3 rings (SSSR count). The standard InChI is InChI=1S/C16H20N2O4/c1-16(2,3)15-18-11-8-10(4-5-12(11)22-15)17-14(19)13-9-20-6-7-21-13/h4-5,8,13H,6-7,9H2,1-3H3,(H,17,19)/t13-/m1/s1. The molecule has 6 nitrogen and oxygen atoms in total. The van der Waals surface area contributed by atoms with Crippen molar-refractivity contribution in [2.45, 2.75) is 32.3 Å². The summed E-state index contributed by atoms with van der Waals surface area (Å²) in [6.07, 6.45) is -0.563. The Bertz CT molecular complexity index is 681. The van der Waals surface area contributed by atoms with Gasteiger partial charge >= 0.3 is 0 Å². The van der Waals surface area contributed by atoms with Gasteiger partial charge in [-0.3, -0.25) is 4.79 Å². The molecule has 1 aliphatic rings. The summed E-state index contributed by atoms with van der Waals surface area (Å²) in [5.74, 6) is 0.466. The van der Waals surface area contributed by atoms with Crippen molar-refractivity contribution in [2.24, 2.45) is 0 Å². The lowest BCUT2D eigenvalue weighted by Gasteiger charge is -2.21. The average molecular weight is 304 g/mol. The fourth-order valence-corrected chi connectivity index (χ4v) is 2.19. The molecule has 1 N–H and O–H groups in total. The van der Waals surface area contributed by atoms with Crippen molar-refractivity contribution < 1.29 is 18.7 Å². The van der Waals surface area contributed by atoms with E-state index in [4.69, 9.17) is 13.9 Å². The molecule has 0 aliphatic carbocycles. The lowest BCUT2D eigenvalue weighted by molar-refractivity contribution is -0.142. The summed E-state index contributed by atoms with van der Waals surface area (Å²) < 4.78 is 16.4. The molecular formula is C16H20N2O4. The van der Waals surface area contributed by atoms with Crippen molar-refractivity contribution in [1.29, 1.82) is 0 Å². The van der Waals surface area contributed by atoms with Gasteiger partial charge in [0, 0.05) is 11.1 Å². The number of amides is 1. The van der Waals surface area contributed by atoms with Crippen molar-refractivity contribution in [3.8, 4) is 0 Å². The largest absolute Gasteiger partial charge is 0.440 e. The summed E-state index contributed by atoms with van der Waals surface area (Å²) in [7, 11) is 0. The number of ether oxygens (including phenoxy) is 2. The Morgan fingerprint density at radius 3 is 2.82 bits per heavy atom. The highest BCUT2D eigenvalue weighted by atomic mass is 16.6. The highest BCUT2D eigenvalue weighted by Gasteiger charge is 2.24. The Balaban J connectivity index is 1.78. The molecule has 1 aliphatic heterocycles. The Morgan fingerprint density at radius 2 is 2.14 bits per heavy atom. The number of carbonyl (C=O) groups excluding carboxylic acids is 1. The van der Waals surface area contributed by atoms with Crippen LogP contribution in [-0.4, -0.2) is 36.8 Å². The van der Waals surface area contributed by atoms with Crippen LogP contribution in [0.1, 0.15) is 26.7 Å². The summed E-state index contributed by atoms with van der Waals surface area (Å²) in [6.45, 7) is 7.38. The summed E-state index contributed by atoms with van der Waals surface area (Å²) in [5, 5.41) is 2.83. The van der Waals surface area contributed by atoms with Crippen LogP contribution in [0.15, 0.2) is 22.6 Å². The van der Waals surface area contributed by atoms with Crippen molar-refractivity contribution in [1.82, 2.24) is 4.98 Å². The molecule has 0 saturated carbocycles. The van der Waals surface area contributed by atoms with E-state index in [2.05, 4.69) is 10.3 Å². The van der Waals surface area contributed by atoms with Crippen molar-refractivity contribution in [2.75, 3.05) is 25.1 Å². The highest BCUT2D eigenvalue weighted by Crippen LogP contribution is 2.27. The van der Waals surface area contributed by atoms with E-state index < -0.39 is 6.10 Å². The van der Waals surface area contributed by atoms with Crippen LogP contribution in [0.5, 0.6) is 0 Å². The van der Waals surface area contributed by atoms with Crippen molar-refractivity contribution in [3.63, 3.8) is 0 Å². The molecule has 118 valence electrons. The van der Waals surface area contributed by atoms with E-state index in [1.807, 2.05) is 26.8 Å². The monoisotopic (exact) mass is 304 g/mol. The summed E-state index contributed by atoms with van der Waals surface area (Å²) in [4.78, 5) is 16.6. The fourth-order valence-electron chi connectivity index (χ4n) is 2.19. The Kier molecular flexibility index (Phi) is 3.88. The third-order valence-electron chi connectivity index (χ3n) is 3.41. The number of benzene rings is 1. The van der Waals surface area contributed by atoms with Crippen LogP contribution in [0.2, 0.25) is 0 Å². The van der Waals surface area contributed by atoms with Gasteiger partial charge in [0.2, 0.25) is 5.89 Å². The first-order valence-electron chi connectivity index (χ1n) is 7.35. The third kappa shape index (κ3) is 3.13. The van der Waals surface area contributed by atoms with Gasteiger partial charge < -0.3 is 19.2 Å². The van der Waals surface area contributed by atoms with E-state index in [0.717, 1.165) is 5.52 Å². The van der Waals surface area contributed by atoms with Crippen molar-refractivity contribution in [3.05, 3.63) is 24.1 Å². The minimum absolute atomic E-state index is 0.157. The molecule has 1 aromatic heterocycles. The second-order valence-corrected chi connectivity index (χ2v) is 6.38. The number of rotatable bonds is 2. The van der Waals surface area contributed by atoms with Crippen LogP contribution < -0.4 is 5.32 Å². The Morgan fingerprint density at radius 1 is 1.32 bits per heavy atom. The molecule has 1 atom stereocenters. The second-order valence-electron chi connectivity index (χ2n) is 6.38. The number of hydrogen-bond donors (Lipinski definition) is 1. The first-order valence-corrected chi connectivity index (χ1v) is 7.35. The fraction of sp³-hybridized carbons (Fsp3) is 0.500. The first kappa shape index (κ1) is 15.0. The van der Waals surface area contributed by atoms with E-state index in [-0.39, 0.29) is 17.9 Å². The van der Waals surface area contributed by atoms with Gasteiger partial charge in [-0.2, -0.15) is 0 Å². The van der Waals surface area contributed by atoms with Crippen LogP contribution >= 0.6 is 0 Å². The van der Waals surface area contributed by atoms with Gasteiger partial charge in [-0.15, -0.1) is 0 Å². The summed E-state index contributed by atoms with van der Waals surface area (Å²) >= 11 is 0. The maximum absolute atomic E-state index is 12.1. The van der Waals surface area contributed by atoms with E-state index in [9.17, 15) is 4.79 Å². The third-order valence-corrected chi connectivity index (χ3v) is 3.41. The number of hydrogen-bond acceptors (Lipinski definition) is 5. The number of oxazole rings is 1. The molecule has 2 aromatic rings. The summed E-state index contributed by atoms with van der Waals surface area (Å²) in [5.41, 5.74) is 1.94. The molecule has 22 heavy (non-hydrogen) atoms. The van der Waals surface area contributed by atoms with Crippen LogP contribution in [0.25, 0.3) is 11.1 Å². The molecule has 0 radical (unpaired) electrons. The molecule has 1 amide bonds. The second kappa shape index (κ2) is 5.70. The average Bonchev–Trinajstić information content (AvgIpc) is 2.91. The van der Waals surface area contributed by atoms with Gasteiger partial charge in [-0.25, -0.2) is 4.98 Å². The molecular weight excluding hydrogens is 284 g/mol. The summed E-state index contributed by atoms with van der Waals surface area (Å²) in [6, 6.07) is 5.41. The van der Waals surface area contributed by atoms with Gasteiger partial charge in [-0.05, 0) is 18.2 Å². The molecule has 6 heteroatoms. The van der Waals surface area contributed by atoms with E-state index in [1.54, 1.807) is 12.1 Å².